The molecule has 4 nitrogen and oxygen atoms in total. The third-order valence-corrected chi connectivity index (χ3v) is 1.75. The Balaban J connectivity index is 4.44. The molecule has 0 spiro atoms. The van der Waals surface area contributed by atoms with Crippen LogP contribution in [0.3, 0.4) is 0 Å². The lowest BCUT2D eigenvalue weighted by Gasteiger charge is -2.27. The Morgan fingerprint density at radius 3 is 2.23 bits per heavy atom. The molecule has 13 heavy (non-hydrogen) atoms. The maximum absolute atomic E-state index is 10.8. The molecule has 1 unspecified atom stereocenters. The molecule has 0 saturated carbocycles. The minimum absolute atomic E-state index is 0.0969. The third kappa shape index (κ3) is 4.50. The minimum atomic E-state index is -0.954. The van der Waals surface area contributed by atoms with Gasteiger partial charge in [-0.3, -0.25) is 4.79 Å². The highest BCUT2D eigenvalue weighted by atomic mass is 16.4. The lowest BCUT2D eigenvalue weighted by molar-refractivity contribution is -0.146. The second-order valence-corrected chi connectivity index (χ2v) is 4.39. The Kier molecular flexibility index (Phi) is 3.91. The van der Waals surface area contributed by atoms with E-state index in [1.165, 1.54) is 11.9 Å². The van der Waals surface area contributed by atoms with Crippen LogP contribution in [-0.2, 0) is 9.59 Å². The number of hydrogen-bond acceptors (Lipinski definition) is 2. The second-order valence-electron chi connectivity index (χ2n) is 4.39. The first-order chi connectivity index (χ1) is 5.78. The van der Waals surface area contributed by atoms with Crippen LogP contribution in [0.1, 0.15) is 27.2 Å². The number of carbonyl (C=O) groups excluding carboxylic acids is 1. The van der Waals surface area contributed by atoms with E-state index in [1.807, 2.05) is 20.8 Å². The minimum Gasteiger partial charge on any atom is -0.480 e. The standard InChI is InChI=1S/C9H17NO3/c1-9(2,3)5-7(8(12)13)10(4)6-11/h6-7H,5H2,1-4H3,(H,12,13). The molecular formula is C9H17NO3. The Hall–Kier alpha value is -1.06. The van der Waals surface area contributed by atoms with Gasteiger partial charge in [-0.25, -0.2) is 4.79 Å². The fourth-order valence-corrected chi connectivity index (χ4v) is 1.06. The quantitative estimate of drug-likeness (QED) is 0.667. The average molecular weight is 187 g/mol. The molecule has 0 radical (unpaired) electrons. The molecule has 0 rings (SSSR count). The summed E-state index contributed by atoms with van der Waals surface area (Å²) in [5, 5.41) is 8.84. The largest absolute Gasteiger partial charge is 0.480 e. The number of nitrogens with zero attached hydrogens (tertiary/aromatic N) is 1. The van der Waals surface area contributed by atoms with Crippen LogP contribution in [0, 0.1) is 5.41 Å². The monoisotopic (exact) mass is 187 g/mol. The van der Waals surface area contributed by atoms with Crippen molar-refractivity contribution in [2.75, 3.05) is 7.05 Å². The van der Waals surface area contributed by atoms with E-state index in [0.717, 1.165) is 0 Å². The van der Waals surface area contributed by atoms with Crippen molar-refractivity contribution in [1.82, 2.24) is 4.90 Å². The molecular weight excluding hydrogens is 170 g/mol. The van der Waals surface area contributed by atoms with Crippen molar-refractivity contribution in [3.8, 4) is 0 Å². The fraction of sp³-hybridized carbons (Fsp3) is 0.778. The molecule has 0 aliphatic carbocycles. The zero-order chi connectivity index (χ0) is 10.6. The molecule has 0 heterocycles. The van der Waals surface area contributed by atoms with Gasteiger partial charge in [0.15, 0.2) is 0 Å². The number of carboxylic acid groups (broad SMARTS) is 1. The van der Waals surface area contributed by atoms with Crippen molar-refractivity contribution in [3.63, 3.8) is 0 Å². The number of hydrogen-bond donors (Lipinski definition) is 1. The van der Waals surface area contributed by atoms with E-state index in [9.17, 15) is 9.59 Å². The molecule has 0 aliphatic heterocycles. The van der Waals surface area contributed by atoms with Crippen LogP contribution in [0.2, 0.25) is 0 Å². The van der Waals surface area contributed by atoms with Gasteiger partial charge in [0.2, 0.25) is 6.41 Å². The zero-order valence-corrected chi connectivity index (χ0v) is 8.57. The summed E-state index contributed by atoms with van der Waals surface area (Å²) in [6.07, 6.45) is 1.00. The molecule has 1 N–H and O–H groups in total. The normalized spacial score (nSPS) is 13.5. The molecule has 0 saturated heterocycles. The van der Waals surface area contributed by atoms with Crippen LogP contribution in [0.5, 0.6) is 0 Å². The molecule has 0 bridgehead atoms. The predicted octanol–water partition coefficient (Wildman–Crippen LogP) is 0.964. The van der Waals surface area contributed by atoms with E-state index in [2.05, 4.69) is 0 Å². The van der Waals surface area contributed by atoms with E-state index in [4.69, 9.17) is 5.11 Å². The molecule has 0 fully saturated rings. The van der Waals surface area contributed by atoms with E-state index in [1.54, 1.807) is 0 Å². The summed E-state index contributed by atoms with van der Waals surface area (Å²) in [5.41, 5.74) is -0.0969. The Morgan fingerprint density at radius 2 is 2.00 bits per heavy atom. The highest BCUT2D eigenvalue weighted by molar-refractivity contribution is 5.76. The van der Waals surface area contributed by atoms with Crippen LogP contribution in [0.25, 0.3) is 0 Å². The van der Waals surface area contributed by atoms with Crippen molar-refractivity contribution >= 4 is 12.4 Å². The predicted molar refractivity (Wildman–Crippen MR) is 49.3 cm³/mol. The molecule has 0 aromatic rings. The SMILES string of the molecule is CN(C=O)C(CC(C)(C)C)C(=O)O. The Labute approximate surface area is 78.5 Å². The van der Waals surface area contributed by atoms with Crippen LogP contribution >= 0.6 is 0 Å². The molecule has 76 valence electrons. The average Bonchev–Trinajstić information content (AvgIpc) is 1.96. The number of rotatable bonds is 4. The topological polar surface area (TPSA) is 57.6 Å². The van der Waals surface area contributed by atoms with E-state index < -0.39 is 12.0 Å². The fourth-order valence-electron chi connectivity index (χ4n) is 1.06. The van der Waals surface area contributed by atoms with E-state index >= 15 is 0 Å². The summed E-state index contributed by atoms with van der Waals surface area (Å²) in [7, 11) is 1.48. The van der Waals surface area contributed by atoms with Gasteiger partial charge in [-0.2, -0.15) is 0 Å². The summed E-state index contributed by atoms with van der Waals surface area (Å²) in [6, 6.07) is -0.725. The summed E-state index contributed by atoms with van der Waals surface area (Å²) >= 11 is 0. The van der Waals surface area contributed by atoms with Crippen molar-refractivity contribution in [3.05, 3.63) is 0 Å². The lowest BCUT2D eigenvalue weighted by atomic mass is 9.88. The second kappa shape index (κ2) is 4.25. The number of aliphatic carboxylic acids is 1. The Bertz CT molecular complexity index is 196. The molecule has 0 aromatic carbocycles. The van der Waals surface area contributed by atoms with Gasteiger partial charge in [0.05, 0.1) is 0 Å². The molecule has 4 heteroatoms. The smallest absolute Gasteiger partial charge is 0.326 e. The number of carbonyl (C=O) groups is 2. The van der Waals surface area contributed by atoms with Gasteiger partial charge in [0.1, 0.15) is 6.04 Å². The van der Waals surface area contributed by atoms with Gasteiger partial charge in [-0.05, 0) is 11.8 Å². The van der Waals surface area contributed by atoms with Crippen LogP contribution < -0.4 is 0 Å². The summed E-state index contributed by atoms with van der Waals surface area (Å²) in [6.45, 7) is 5.84. The first kappa shape index (κ1) is 11.9. The summed E-state index contributed by atoms with van der Waals surface area (Å²) < 4.78 is 0. The van der Waals surface area contributed by atoms with Gasteiger partial charge in [0, 0.05) is 7.05 Å². The third-order valence-electron chi connectivity index (χ3n) is 1.75. The molecule has 0 aliphatic rings. The van der Waals surface area contributed by atoms with Crippen LogP contribution in [0.4, 0.5) is 0 Å². The highest BCUT2D eigenvalue weighted by Crippen LogP contribution is 2.22. The van der Waals surface area contributed by atoms with Crippen molar-refractivity contribution in [2.24, 2.45) is 5.41 Å². The van der Waals surface area contributed by atoms with Crippen molar-refractivity contribution in [2.45, 2.75) is 33.2 Å². The van der Waals surface area contributed by atoms with Gasteiger partial charge in [-0.15, -0.1) is 0 Å². The zero-order valence-electron chi connectivity index (χ0n) is 8.57. The first-order valence-electron chi connectivity index (χ1n) is 4.18. The van der Waals surface area contributed by atoms with Crippen LogP contribution in [0.15, 0.2) is 0 Å². The van der Waals surface area contributed by atoms with Crippen LogP contribution in [-0.4, -0.2) is 35.5 Å². The van der Waals surface area contributed by atoms with Gasteiger partial charge in [-0.1, -0.05) is 20.8 Å². The summed E-state index contributed by atoms with van der Waals surface area (Å²) in [4.78, 5) is 22.4. The molecule has 0 aromatic heterocycles. The van der Waals surface area contributed by atoms with Gasteiger partial charge in [0.25, 0.3) is 0 Å². The number of likely N-dealkylation sites (N-methyl/N-ethyl adjacent to an activating group) is 1. The maximum atomic E-state index is 10.8. The van der Waals surface area contributed by atoms with Gasteiger partial charge >= 0.3 is 5.97 Å². The number of carboxylic acids is 1. The maximum Gasteiger partial charge on any atom is 0.326 e. The van der Waals surface area contributed by atoms with E-state index in [-0.39, 0.29) is 5.41 Å². The molecule has 1 atom stereocenters. The van der Waals surface area contributed by atoms with E-state index in [0.29, 0.717) is 12.8 Å². The Morgan fingerprint density at radius 1 is 1.54 bits per heavy atom. The first-order valence-corrected chi connectivity index (χ1v) is 4.18. The highest BCUT2D eigenvalue weighted by Gasteiger charge is 2.27. The number of amides is 1. The summed E-state index contributed by atoms with van der Waals surface area (Å²) in [5.74, 6) is -0.954. The lowest BCUT2D eigenvalue weighted by Crippen LogP contribution is -2.40. The molecule has 1 amide bonds. The van der Waals surface area contributed by atoms with Crippen molar-refractivity contribution in [1.29, 1.82) is 0 Å². The van der Waals surface area contributed by atoms with Gasteiger partial charge < -0.3 is 10.0 Å². The van der Waals surface area contributed by atoms with Crippen molar-refractivity contribution < 1.29 is 14.7 Å².